The first kappa shape index (κ1) is 13.7. The van der Waals surface area contributed by atoms with E-state index in [0.29, 0.717) is 12.0 Å². The lowest BCUT2D eigenvalue weighted by Crippen LogP contribution is -2.32. The van der Waals surface area contributed by atoms with E-state index in [4.69, 9.17) is 5.84 Å². The molecule has 2 nitrogen and oxygen atoms in total. The molecule has 3 N–H and O–H groups in total. The Morgan fingerprint density at radius 3 is 2.56 bits per heavy atom. The van der Waals surface area contributed by atoms with Crippen molar-refractivity contribution in [3.05, 3.63) is 21.9 Å². The minimum absolute atomic E-state index is 0.329. The number of aryl methyl sites for hydroxylation is 1. The first-order valence-corrected chi connectivity index (χ1v) is 7.07. The molecule has 0 aliphatic rings. The van der Waals surface area contributed by atoms with Gasteiger partial charge >= 0.3 is 0 Å². The van der Waals surface area contributed by atoms with Crippen LogP contribution >= 0.6 is 11.3 Å². The molecule has 92 valence electrons. The normalized spacial score (nSPS) is 15.0. The van der Waals surface area contributed by atoms with Crippen LogP contribution in [0, 0.1) is 12.8 Å². The van der Waals surface area contributed by atoms with Crippen LogP contribution in [0.15, 0.2) is 12.1 Å². The summed E-state index contributed by atoms with van der Waals surface area (Å²) in [6.07, 6.45) is 5.00. The van der Waals surface area contributed by atoms with Crippen molar-refractivity contribution in [1.82, 2.24) is 5.43 Å². The standard InChI is InChI=1S/C13H24N2S/c1-4-6-7-11(5-2)13(15-14)12-9-8-10(3)16-12/h8-9,11,13,15H,4-7,14H2,1-3H3. The van der Waals surface area contributed by atoms with Gasteiger partial charge in [0.15, 0.2) is 0 Å². The van der Waals surface area contributed by atoms with Crippen LogP contribution in [0.1, 0.15) is 55.3 Å². The fraction of sp³-hybridized carbons (Fsp3) is 0.692. The molecule has 0 aliphatic carbocycles. The highest BCUT2D eigenvalue weighted by molar-refractivity contribution is 7.12. The van der Waals surface area contributed by atoms with Crippen LogP contribution in [0.3, 0.4) is 0 Å². The van der Waals surface area contributed by atoms with Crippen LogP contribution in [0.4, 0.5) is 0 Å². The number of hydrogen-bond acceptors (Lipinski definition) is 3. The molecule has 0 aromatic carbocycles. The van der Waals surface area contributed by atoms with Crippen molar-refractivity contribution in [2.45, 2.75) is 52.5 Å². The van der Waals surface area contributed by atoms with Crippen LogP contribution in [-0.4, -0.2) is 0 Å². The van der Waals surface area contributed by atoms with E-state index in [1.165, 1.54) is 35.4 Å². The Bertz CT molecular complexity index is 296. The molecule has 2 atom stereocenters. The molecule has 0 saturated carbocycles. The Morgan fingerprint density at radius 2 is 2.12 bits per heavy atom. The Morgan fingerprint density at radius 1 is 1.38 bits per heavy atom. The molecule has 1 rings (SSSR count). The number of rotatable bonds is 7. The summed E-state index contributed by atoms with van der Waals surface area (Å²) in [6.45, 7) is 6.65. The van der Waals surface area contributed by atoms with Gasteiger partial charge in [0.25, 0.3) is 0 Å². The number of nitrogens with two attached hydrogens (primary N) is 1. The molecule has 0 radical (unpaired) electrons. The topological polar surface area (TPSA) is 38.0 Å². The zero-order valence-electron chi connectivity index (χ0n) is 10.6. The van der Waals surface area contributed by atoms with Crippen molar-refractivity contribution in [2.75, 3.05) is 0 Å². The number of hydrazine groups is 1. The molecule has 1 heterocycles. The minimum atomic E-state index is 0.329. The van der Waals surface area contributed by atoms with Gasteiger partial charge in [0.1, 0.15) is 0 Å². The van der Waals surface area contributed by atoms with Gasteiger partial charge in [-0.2, -0.15) is 0 Å². The molecule has 0 aliphatic heterocycles. The maximum absolute atomic E-state index is 5.72. The quantitative estimate of drug-likeness (QED) is 0.562. The third kappa shape index (κ3) is 3.58. The van der Waals surface area contributed by atoms with E-state index in [9.17, 15) is 0 Å². The number of unbranched alkanes of at least 4 members (excludes halogenated alkanes) is 1. The largest absolute Gasteiger partial charge is 0.271 e. The van der Waals surface area contributed by atoms with Gasteiger partial charge in [0.2, 0.25) is 0 Å². The SMILES string of the molecule is CCCCC(CC)C(NN)c1ccc(C)s1. The van der Waals surface area contributed by atoms with E-state index < -0.39 is 0 Å². The molecule has 0 bridgehead atoms. The van der Waals surface area contributed by atoms with Gasteiger partial charge in [-0.15, -0.1) is 11.3 Å². The third-order valence-corrected chi connectivity index (χ3v) is 4.26. The minimum Gasteiger partial charge on any atom is -0.271 e. The summed E-state index contributed by atoms with van der Waals surface area (Å²) in [4.78, 5) is 2.74. The molecule has 0 saturated heterocycles. The molecule has 16 heavy (non-hydrogen) atoms. The summed E-state index contributed by atoms with van der Waals surface area (Å²) in [5, 5.41) is 0. The molecule has 2 unspecified atom stereocenters. The van der Waals surface area contributed by atoms with Crippen molar-refractivity contribution in [3.63, 3.8) is 0 Å². The van der Waals surface area contributed by atoms with Crippen molar-refractivity contribution < 1.29 is 0 Å². The molecule has 3 heteroatoms. The van der Waals surface area contributed by atoms with Gasteiger partial charge in [-0.3, -0.25) is 11.3 Å². The Kier molecular flexibility index (Phi) is 6.03. The van der Waals surface area contributed by atoms with Gasteiger partial charge in [0, 0.05) is 9.75 Å². The van der Waals surface area contributed by atoms with E-state index in [0.717, 1.165) is 0 Å². The number of thiophene rings is 1. The van der Waals surface area contributed by atoms with Crippen molar-refractivity contribution >= 4 is 11.3 Å². The fourth-order valence-electron chi connectivity index (χ4n) is 2.14. The second-order valence-corrected chi connectivity index (χ2v) is 5.72. The van der Waals surface area contributed by atoms with Crippen LogP contribution in [0.25, 0.3) is 0 Å². The molecular formula is C13H24N2S. The maximum atomic E-state index is 5.72. The van der Waals surface area contributed by atoms with E-state index in [1.54, 1.807) is 0 Å². The van der Waals surface area contributed by atoms with Crippen LogP contribution < -0.4 is 11.3 Å². The predicted molar refractivity (Wildman–Crippen MR) is 72.4 cm³/mol. The maximum Gasteiger partial charge on any atom is 0.0581 e. The van der Waals surface area contributed by atoms with Gasteiger partial charge in [-0.05, 0) is 31.4 Å². The molecular weight excluding hydrogens is 216 g/mol. The van der Waals surface area contributed by atoms with E-state index in [2.05, 4.69) is 38.3 Å². The summed E-state index contributed by atoms with van der Waals surface area (Å²) in [6, 6.07) is 4.71. The van der Waals surface area contributed by atoms with Gasteiger partial charge < -0.3 is 0 Å². The van der Waals surface area contributed by atoms with Crippen LogP contribution in [0.5, 0.6) is 0 Å². The molecule has 1 aromatic heterocycles. The van der Waals surface area contributed by atoms with E-state index in [1.807, 2.05) is 11.3 Å². The summed E-state index contributed by atoms with van der Waals surface area (Å²) in [5.74, 6) is 6.37. The summed E-state index contributed by atoms with van der Waals surface area (Å²) < 4.78 is 0. The van der Waals surface area contributed by atoms with Crippen LogP contribution in [0.2, 0.25) is 0 Å². The van der Waals surface area contributed by atoms with E-state index in [-0.39, 0.29) is 0 Å². The van der Waals surface area contributed by atoms with Crippen LogP contribution in [-0.2, 0) is 0 Å². The van der Waals surface area contributed by atoms with Crippen molar-refractivity contribution in [2.24, 2.45) is 11.8 Å². The smallest absolute Gasteiger partial charge is 0.0581 e. The summed E-state index contributed by atoms with van der Waals surface area (Å²) in [7, 11) is 0. The number of hydrogen-bond donors (Lipinski definition) is 2. The third-order valence-electron chi connectivity index (χ3n) is 3.17. The first-order valence-electron chi connectivity index (χ1n) is 6.25. The van der Waals surface area contributed by atoms with Crippen molar-refractivity contribution in [1.29, 1.82) is 0 Å². The second kappa shape index (κ2) is 7.05. The fourth-order valence-corrected chi connectivity index (χ4v) is 3.18. The molecule has 1 aromatic rings. The molecule has 0 spiro atoms. The molecule has 0 fully saturated rings. The highest BCUT2D eigenvalue weighted by Crippen LogP contribution is 2.32. The summed E-state index contributed by atoms with van der Waals surface area (Å²) >= 11 is 1.86. The molecule has 0 amide bonds. The lowest BCUT2D eigenvalue weighted by Gasteiger charge is -2.24. The number of nitrogens with one attached hydrogen (secondary N) is 1. The zero-order chi connectivity index (χ0) is 12.0. The Labute approximate surface area is 103 Å². The van der Waals surface area contributed by atoms with Gasteiger partial charge in [-0.1, -0.05) is 33.1 Å². The Balaban J connectivity index is 2.70. The Hall–Kier alpha value is -0.380. The van der Waals surface area contributed by atoms with Gasteiger partial charge in [-0.25, -0.2) is 0 Å². The summed E-state index contributed by atoms with van der Waals surface area (Å²) in [5.41, 5.74) is 3.00. The predicted octanol–water partition coefficient (Wildman–Crippen LogP) is 3.78. The second-order valence-electron chi connectivity index (χ2n) is 4.40. The monoisotopic (exact) mass is 240 g/mol. The van der Waals surface area contributed by atoms with Crippen molar-refractivity contribution in [3.8, 4) is 0 Å². The lowest BCUT2D eigenvalue weighted by molar-refractivity contribution is 0.331. The zero-order valence-corrected chi connectivity index (χ0v) is 11.4. The highest BCUT2D eigenvalue weighted by Gasteiger charge is 2.21. The lowest BCUT2D eigenvalue weighted by atomic mass is 9.91. The van der Waals surface area contributed by atoms with E-state index >= 15 is 0 Å². The average Bonchev–Trinajstić information content (AvgIpc) is 2.70. The van der Waals surface area contributed by atoms with Gasteiger partial charge in [0.05, 0.1) is 6.04 Å². The average molecular weight is 240 g/mol. The first-order chi connectivity index (χ1) is 7.72. The highest BCUT2D eigenvalue weighted by atomic mass is 32.1.